The molecule has 1 unspecified atom stereocenters. The fourth-order valence-electron chi connectivity index (χ4n) is 3.84. The number of esters is 1. The molecule has 0 spiro atoms. The number of nitro benzene ring substituents is 1. The second kappa shape index (κ2) is 8.95. The zero-order valence-electron chi connectivity index (χ0n) is 19.1. The summed E-state index contributed by atoms with van der Waals surface area (Å²) in [5.74, 6) is -2.98. The number of pyridine rings is 1. The highest BCUT2D eigenvalue weighted by atomic mass is 32.2. The van der Waals surface area contributed by atoms with Gasteiger partial charge in [0.15, 0.2) is 11.7 Å². The number of amides is 1. The molecule has 0 aliphatic carbocycles. The van der Waals surface area contributed by atoms with Gasteiger partial charge in [-0.2, -0.15) is 10.1 Å². The molecule has 2 aromatic heterocycles. The van der Waals surface area contributed by atoms with E-state index in [9.17, 15) is 28.1 Å². The summed E-state index contributed by atoms with van der Waals surface area (Å²) in [6.45, 7) is 1.47. The normalized spacial score (nSPS) is 15.6. The van der Waals surface area contributed by atoms with Crippen molar-refractivity contribution < 1.29 is 27.7 Å². The van der Waals surface area contributed by atoms with Crippen molar-refractivity contribution in [2.75, 3.05) is 5.01 Å². The molecule has 0 N–H and O–H groups in total. The van der Waals surface area contributed by atoms with E-state index in [1.165, 1.54) is 61.8 Å². The molecule has 5 rings (SSSR count). The Bertz CT molecular complexity index is 1700. The minimum absolute atomic E-state index is 0.0192. The van der Waals surface area contributed by atoms with Gasteiger partial charge in [0.1, 0.15) is 5.75 Å². The number of fused-ring (bicyclic) bond motifs is 1. The van der Waals surface area contributed by atoms with E-state index in [1.807, 2.05) is 0 Å². The van der Waals surface area contributed by atoms with Crippen LogP contribution in [-0.2, 0) is 19.6 Å². The van der Waals surface area contributed by atoms with Gasteiger partial charge < -0.3 is 4.74 Å². The lowest BCUT2D eigenvalue weighted by Gasteiger charge is -2.14. The third-order valence-electron chi connectivity index (χ3n) is 5.67. The summed E-state index contributed by atoms with van der Waals surface area (Å²) < 4.78 is 32.7. The largest absolute Gasteiger partial charge is 0.426 e. The topological polar surface area (TPSA) is 154 Å². The molecule has 4 aromatic rings. The SMILES string of the molecule is CC1=NN(c2cc3c(ccn3S(=O)(=O)c3ccccc3)cn2)C(=O)C1C(=O)Oc1ccc([N+](=O)[O-])cc1. The van der Waals surface area contributed by atoms with Crippen LogP contribution in [0.2, 0.25) is 0 Å². The second-order valence-corrected chi connectivity index (χ2v) is 9.84. The number of benzene rings is 2. The Kier molecular flexibility index (Phi) is 5.76. The molecule has 1 aliphatic heterocycles. The van der Waals surface area contributed by atoms with Crippen molar-refractivity contribution in [3.63, 3.8) is 0 Å². The number of anilines is 1. The fourth-order valence-corrected chi connectivity index (χ4v) is 5.20. The summed E-state index contributed by atoms with van der Waals surface area (Å²) >= 11 is 0. The van der Waals surface area contributed by atoms with E-state index in [2.05, 4.69) is 10.1 Å². The van der Waals surface area contributed by atoms with E-state index in [0.717, 1.165) is 8.98 Å². The van der Waals surface area contributed by atoms with Gasteiger partial charge >= 0.3 is 5.97 Å². The summed E-state index contributed by atoms with van der Waals surface area (Å²) in [4.78, 5) is 40.4. The summed E-state index contributed by atoms with van der Waals surface area (Å²) in [6, 6.07) is 15.7. The average molecular weight is 519 g/mol. The van der Waals surface area contributed by atoms with Gasteiger partial charge in [-0.3, -0.25) is 19.7 Å². The van der Waals surface area contributed by atoms with Gasteiger partial charge in [0.2, 0.25) is 0 Å². The Labute approximate surface area is 209 Å². The molecule has 12 nitrogen and oxygen atoms in total. The fraction of sp³-hybridized carbons (Fsp3) is 0.0833. The van der Waals surface area contributed by atoms with Crippen LogP contribution >= 0.6 is 0 Å². The number of hydrogen-bond acceptors (Lipinski definition) is 9. The van der Waals surface area contributed by atoms with E-state index in [-0.39, 0.29) is 33.4 Å². The van der Waals surface area contributed by atoms with Crippen LogP contribution in [0, 0.1) is 16.0 Å². The first-order valence-electron chi connectivity index (χ1n) is 10.8. The van der Waals surface area contributed by atoms with Gasteiger partial charge in [-0.05, 0) is 37.3 Å². The van der Waals surface area contributed by atoms with Crippen molar-refractivity contribution in [2.24, 2.45) is 11.0 Å². The first-order valence-corrected chi connectivity index (χ1v) is 12.2. The highest BCUT2D eigenvalue weighted by molar-refractivity contribution is 7.90. The molecule has 0 saturated heterocycles. The zero-order valence-corrected chi connectivity index (χ0v) is 19.9. The number of nitrogens with zero attached hydrogens (tertiary/aromatic N) is 5. The van der Waals surface area contributed by atoms with Crippen LogP contribution in [0.1, 0.15) is 6.92 Å². The maximum Gasteiger partial charge on any atom is 0.329 e. The standard InChI is InChI=1S/C24H17N5O7S/c1-15-22(24(31)36-18-9-7-17(8-10-18)29(32)33)23(30)28(26-15)21-13-20-16(14-25-21)11-12-27(20)37(34,35)19-5-3-2-4-6-19/h2-14,22H,1H3. The van der Waals surface area contributed by atoms with Crippen molar-refractivity contribution in [2.45, 2.75) is 11.8 Å². The Morgan fingerprint density at radius 3 is 2.46 bits per heavy atom. The Morgan fingerprint density at radius 2 is 1.78 bits per heavy atom. The molecule has 1 atom stereocenters. The number of carbonyl (C=O) groups excluding carboxylic acids is 2. The van der Waals surface area contributed by atoms with Crippen LogP contribution in [0.25, 0.3) is 10.9 Å². The van der Waals surface area contributed by atoms with E-state index in [4.69, 9.17) is 4.74 Å². The van der Waals surface area contributed by atoms with Gasteiger partial charge in [0, 0.05) is 36.0 Å². The highest BCUT2D eigenvalue weighted by Crippen LogP contribution is 2.29. The van der Waals surface area contributed by atoms with Crippen molar-refractivity contribution in [1.82, 2.24) is 8.96 Å². The smallest absolute Gasteiger partial charge is 0.329 e. The number of rotatable bonds is 6. The number of hydrazone groups is 1. The quantitative estimate of drug-likeness (QED) is 0.124. The number of aromatic nitrogens is 2. The number of non-ortho nitro benzene ring substituents is 1. The van der Waals surface area contributed by atoms with E-state index >= 15 is 0 Å². The Hall–Kier alpha value is -4.91. The van der Waals surface area contributed by atoms with Crippen LogP contribution in [0.3, 0.4) is 0 Å². The van der Waals surface area contributed by atoms with Crippen LogP contribution in [0.4, 0.5) is 11.5 Å². The number of nitro groups is 1. The molecule has 186 valence electrons. The lowest BCUT2D eigenvalue weighted by Crippen LogP contribution is -2.35. The third-order valence-corrected chi connectivity index (χ3v) is 7.38. The second-order valence-electron chi connectivity index (χ2n) is 8.03. The zero-order chi connectivity index (χ0) is 26.3. The van der Waals surface area contributed by atoms with Gasteiger partial charge in [-0.15, -0.1) is 0 Å². The average Bonchev–Trinajstić information content (AvgIpc) is 3.45. The number of ether oxygens (including phenoxy) is 1. The van der Waals surface area contributed by atoms with E-state index in [1.54, 1.807) is 24.3 Å². The van der Waals surface area contributed by atoms with Crippen LogP contribution in [0.15, 0.2) is 89.1 Å². The monoisotopic (exact) mass is 519 g/mol. The molecule has 2 aromatic carbocycles. The predicted octanol–water partition coefficient (Wildman–Crippen LogP) is 3.13. The summed E-state index contributed by atoms with van der Waals surface area (Å²) in [6.07, 6.45) is 2.80. The van der Waals surface area contributed by atoms with Crippen LogP contribution in [-0.4, -0.2) is 39.9 Å². The van der Waals surface area contributed by atoms with E-state index in [0.29, 0.717) is 5.39 Å². The molecule has 0 bridgehead atoms. The lowest BCUT2D eigenvalue weighted by molar-refractivity contribution is -0.384. The summed E-state index contributed by atoms with van der Waals surface area (Å²) in [5.41, 5.74) is 0.235. The molecule has 1 amide bonds. The third kappa shape index (κ3) is 4.21. The van der Waals surface area contributed by atoms with Crippen molar-refractivity contribution in [3.8, 4) is 5.75 Å². The van der Waals surface area contributed by atoms with Crippen LogP contribution < -0.4 is 9.75 Å². The molecular formula is C24H17N5O7S. The minimum Gasteiger partial charge on any atom is -0.426 e. The van der Waals surface area contributed by atoms with Gasteiger partial charge in [0.05, 0.1) is 21.0 Å². The van der Waals surface area contributed by atoms with Crippen LogP contribution in [0.5, 0.6) is 5.75 Å². The first-order chi connectivity index (χ1) is 17.7. The van der Waals surface area contributed by atoms with Gasteiger partial charge in [-0.1, -0.05) is 18.2 Å². The highest BCUT2D eigenvalue weighted by Gasteiger charge is 2.42. The molecule has 37 heavy (non-hydrogen) atoms. The summed E-state index contributed by atoms with van der Waals surface area (Å²) in [5, 5.41) is 16.4. The molecule has 0 radical (unpaired) electrons. The van der Waals surface area contributed by atoms with Crippen molar-refractivity contribution in [1.29, 1.82) is 0 Å². The number of hydrogen-bond donors (Lipinski definition) is 0. The van der Waals surface area contributed by atoms with Crippen molar-refractivity contribution in [3.05, 3.63) is 89.2 Å². The molecule has 0 saturated carbocycles. The van der Waals surface area contributed by atoms with Gasteiger partial charge in [-0.25, -0.2) is 17.4 Å². The molecule has 13 heteroatoms. The Morgan fingerprint density at radius 1 is 1.08 bits per heavy atom. The summed E-state index contributed by atoms with van der Waals surface area (Å²) in [7, 11) is -3.92. The van der Waals surface area contributed by atoms with E-state index < -0.39 is 32.7 Å². The molecular weight excluding hydrogens is 502 g/mol. The Balaban J connectivity index is 1.42. The molecule has 0 fully saturated rings. The lowest BCUT2D eigenvalue weighted by atomic mass is 10.1. The molecule has 3 heterocycles. The minimum atomic E-state index is -3.92. The predicted molar refractivity (Wildman–Crippen MR) is 132 cm³/mol. The van der Waals surface area contributed by atoms with Gasteiger partial charge in [0.25, 0.3) is 21.6 Å². The first kappa shape index (κ1) is 23.8. The number of carbonyl (C=O) groups is 2. The maximum absolute atomic E-state index is 13.2. The maximum atomic E-state index is 13.2. The van der Waals surface area contributed by atoms with Crippen molar-refractivity contribution >= 4 is 50.0 Å². The molecule has 1 aliphatic rings.